The molecule has 0 aromatic heterocycles. The van der Waals surface area contributed by atoms with Crippen LogP contribution in [0, 0.1) is 5.92 Å². The fourth-order valence-electron chi connectivity index (χ4n) is 2.82. The summed E-state index contributed by atoms with van der Waals surface area (Å²) in [5.41, 5.74) is 7.14. The van der Waals surface area contributed by atoms with E-state index in [9.17, 15) is 0 Å². The number of nitrogens with two attached hydrogens (primary N) is 1. The Morgan fingerprint density at radius 2 is 2.12 bits per heavy atom. The number of benzene rings is 1. The third-order valence-electron chi connectivity index (χ3n) is 3.67. The van der Waals surface area contributed by atoms with Gasteiger partial charge >= 0.3 is 0 Å². The van der Waals surface area contributed by atoms with E-state index in [1.165, 1.54) is 5.69 Å². The molecular weight excluding hydrogens is 212 g/mol. The normalized spacial score (nSPS) is 22.8. The molecule has 1 unspecified atom stereocenters. The first-order valence-electron chi connectivity index (χ1n) is 6.19. The molecule has 1 aliphatic rings. The third kappa shape index (κ3) is 2.25. The second kappa shape index (κ2) is 4.57. The van der Waals surface area contributed by atoms with Crippen molar-refractivity contribution in [2.24, 2.45) is 11.7 Å². The zero-order valence-corrected chi connectivity index (χ0v) is 10.9. The molecule has 17 heavy (non-hydrogen) atoms. The second-order valence-electron chi connectivity index (χ2n) is 5.40. The number of anilines is 1. The van der Waals surface area contributed by atoms with Gasteiger partial charge in [-0.1, -0.05) is 12.1 Å². The van der Waals surface area contributed by atoms with E-state index in [2.05, 4.69) is 30.9 Å². The Hall–Kier alpha value is -1.22. The SMILES string of the molecule is COc1ccccc1N1CC(CN)CC1(C)C. The van der Waals surface area contributed by atoms with Crippen molar-refractivity contribution in [3.05, 3.63) is 24.3 Å². The quantitative estimate of drug-likeness (QED) is 0.872. The smallest absolute Gasteiger partial charge is 0.142 e. The molecule has 0 aliphatic carbocycles. The van der Waals surface area contributed by atoms with Crippen LogP contribution in [0.25, 0.3) is 0 Å². The van der Waals surface area contributed by atoms with E-state index >= 15 is 0 Å². The van der Waals surface area contributed by atoms with Crippen LogP contribution in [0.2, 0.25) is 0 Å². The lowest BCUT2D eigenvalue weighted by Crippen LogP contribution is -2.38. The molecule has 1 aromatic carbocycles. The van der Waals surface area contributed by atoms with E-state index in [-0.39, 0.29) is 5.54 Å². The Labute approximate surface area is 104 Å². The van der Waals surface area contributed by atoms with Crippen molar-refractivity contribution in [1.29, 1.82) is 0 Å². The first kappa shape index (κ1) is 12.2. The molecule has 1 atom stereocenters. The number of hydrogen-bond acceptors (Lipinski definition) is 3. The molecule has 1 heterocycles. The van der Waals surface area contributed by atoms with Gasteiger partial charge in [-0.3, -0.25) is 0 Å². The van der Waals surface area contributed by atoms with Gasteiger partial charge in [-0.05, 0) is 44.9 Å². The number of para-hydroxylation sites is 2. The summed E-state index contributed by atoms with van der Waals surface area (Å²) in [6.45, 7) is 6.32. The van der Waals surface area contributed by atoms with Crippen LogP contribution >= 0.6 is 0 Å². The molecule has 2 rings (SSSR count). The van der Waals surface area contributed by atoms with Crippen LogP contribution in [0.15, 0.2) is 24.3 Å². The monoisotopic (exact) mass is 234 g/mol. The molecule has 0 spiro atoms. The number of hydrogen-bond donors (Lipinski definition) is 1. The van der Waals surface area contributed by atoms with Crippen molar-refractivity contribution in [2.75, 3.05) is 25.1 Å². The van der Waals surface area contributed by atoms with Gasteiger partial charge in [0.15, 0.2) is 0 Å². The molecule has 94 valence electrons. The number of ether oxygens (including phenoxy) is 1. The topological polar surface area (TPSA) is 38.5 Å². The van der Waals surface area contributed by atoms with Gasteiger partial charge in [-0.25, -0.2) is 0 Å². The Kier molecular flexibility index (Phi) is 3.29. The third-order valence-corrected chi connectivity index (χ3v) is 3.67. The van der Waals surface area contributed by atoms with Gasteiger partial charge in [0.25, 0.3) is 0 Å². The molecule has 1 aliphatic heterocycles. The Morgan fingerprint density at radius 1 is 1.41 bits per heavy atom. The van der Waals surface area contributed by atoms with Crippen LogP contribution in [-0.4, -0.2) is 25.7 Å². The minimum absolute atomic E-state index is 0.151. The van der Waals surface area contributed by atoms with Gasteiger partial charge in [0.05, 0.1) is 12.8 Å². The number of nitrogens with zero attached hydrogens (tertiary/aromatic N) is 1. The summed E-state index contributed by atoms with van der Waals surface area (Å²) in [4.78, 5) is 2.42. The molecule has 1 saturated heterocycles. The first-order chi connectivity index (χ1) is 8.08. The predicted octanol–water partition coefficient (Wildman–Crippen LogP) is 2.26. The summed E-state index contributed by atoms with van der Waals surface area (Å²) in [5, 5.41) is 0. The Balaban J connectivity index is 2.33. The average molecular weight is 234 g/mol. The highest BCUT2D eigenvalue weighted by Gasteiger charge is 2.38. The highest BCUT2D eigenvalue weighted by Crippen LogP contribution is 2.40. The zero-order chi connectivity index (χ0) is 12.5. The fraction of sp³-hybridized carbons (Fsp3) is 0.571. The van der Waals surface area contributed by atoms with Crippen LogP contribution in [0.1, 0.15) is 20.3 Å². The predicted molar refractivity (Wildman–Crippen MR) is 71.6 cm³/mol. The molecular formula is C14H22N2O. The maximum atomic E-state index is 5.81. The van der Waals surface area contributed by atoms with Crippen molar-refractivity contribution in [3.63, 3.8) is 0 Å². The van der Waals surface area contributed by atoms with Gasteiger partial charge in [-0.2, -0.15) is 0 Å². The molecule has 1 aromatic rings. The molecule has 3 heteroatoms. The van der Waals surface area contributed by atoms with E-state index in [1.54, 1.807) is 7.11 Å². The van der Waals surface area contributed by atoms with Crippen LogP contribution in [0.5, 0.6) is 5.75 Å². The van der Waals surface area contributed by atoms with Gasteiger partial charge in [0, 0.05) is 12.1 Å². The van der Waals surface area contributed by atoms with Crippen LogP contribution in [0.4, 0.5) is 5.69 Å². The summed E-state index contributed by atoms with van der Waals surface area (Å²) in [7, 11) is 1.72. The molecule has 1 fully saturated rings. The minimum atomic E-state index is 0.151. The molecule has 3 nitrogen and oxygen atoms in total. The Bertz CT molecular complexity index is 390. The Morgan fingerprint density at radius 3 is 2.71 bits per heavy atom. The van der Waals surface area contributed by atoms with Crippen molar-refractivity contribution in [2.45, 2.75) is 25.8 Å². The summed E-state index contributed by atoms with van der Waals surface area (Å²) in [6, 6.07) is 8.20. The van der Waals surface area contributed by atoms with E-state index < -0.39 is 0 Å². The van der Waals surface area contributed by atoms with Crippen LogP contribution in [-0.2, 0) is 0 Å². The summed E-state index contributed by atoms with van der Waals surface area (Å²) in [5.74, 6) is 1.52. The van der Waals surface area contributed by atoms with Crippen molar-refractivity contribution in [3.8, 4) is 5.75 Å². The van der Waals surface area contributed by atoms with Gasteiger partial charge in [-0.15, -0.1) is 0 Å². The zero-order valence-electron chi connectivity index (χ0n) is 10.9. The lowest BCUT2D eigenvalue weighted by Gasteiger charge is -2.34. The standard InChI is InChI=1S/C14H22N2O/c1-14(2)8-11(9-15)10-16(14)12-6-4-5-7-13(12)17-3/h4-7,11H,8-10,15H2,1-3H3. The van der Waals surface area contributed by atoms with E-state index in [4.69, 9.17) is 10.5 Å². The largest absolute Gasteiger partial charge is 0.495 e. The molecule has 0 saturated carbocycles. The lowest BCUT2D eigenvalue weighted by molar-refractivity contribution is 0.409. The van der Waals surface area contributed by atoms with E-state index in [0.717, 1.165) is 25.3 Å². The minimum Gasteiger partial charge on any atom is -0.495 e. The maximum absolute atomic E-state index is 5.81. The van der Waals surface area contributed by atoms with Crippen LogP contribution < -0.4 is 15.4 Å². The van der Waals surface area contributed by atoms with Gasteiger partial charge in [0.1, 0.15) is 5.75 Å². The molecule has 2 N–H and O–H groups in total. The summed E-state index contributed by atoms with van der Waals surface area (Å²) >= 11 is 0. The molecule has 0 amide bonds. The van der Waals surface area contributed by atoms with Crippen molar-refractivity contribution >= 4 is 5.69 Å². The second-order valence-corrected chi connectivity index (χ2v) is 5.40. The van der Waals surface area contributed by atoms with E-state index in [1.807, 2.05) is 12.1 Å². The highest BCUT2D eigenvalue weighted by molar-refractivity contribution is 5.60. The fourth-order valence-corrected chi connectivity index (χ4v) is 2.82. The highest BCUT2D eigenvalue weighted by atomic mass is 16.5. The number of methoxy groups -OCH3 is 1. The number of rotatable bonds is 3. The first-order valence-corrected chi connectivity index (χ1v) is 6.19. The van der Waals surface area contributed by atoms with Crippen molar-refractivity contribution in [1.82, 2.24) is 0 Å². The van der Waals surface area contributed by atoms with E-state index in [0.29, 0.717) is 5.92 Å². The van der Waals surface area contributed by atoms with Crippen LogP contribution in [0.3, 0.4) is 0 Å². The van der Waals surface area contributed by atoms with Gasteiger partial charge in [0.2, 0.25) is 0 Å². The van der Waals surface area contributed by atoms with Crippen molar-refractivity contribution < 1.29 is 4.74 Å². The molecule has 0 radical (unpaired) electrons. The van der Waals surface area contributed by atoms with Gasteiger partial charge < -0.3 is 15.4 Å². The maximum Gasteiger partial charge on any atom is 0.142 e. The summed E-state index contributed by atoms with van der Waals surface area (Å²) < 4.78 is 5.45. The summed E-state index contributed by atoms with van der Waals surface area (Å²) in [6.07, 6.45) is 1.14. The molecule has 0 bridgehead atoms. The average Bonchev–Trinajstić information content (AvgIpc) is 2.64. The lowest BCUT2D eigenvalue weighted by atomic mass is 9.96.